The molecule has 0 radical (unpaired) electrons. The van der Waals surface area contributed by atoms with Crippen LogP contribution in [0.3, 0.4) is 0 Å². The van der Waals surface area contributed by atoms with Crippen molar-refractivity contribution in [2.45, 2.75) is 25.8 Å². The zero-order valence-electron chi connectivity index (χ0n) is 12.2. The van der Waals surface area contributed by atoms with E-state index in [1.165, 1.54) is 6.20 Å². The van der Waals surface area contributed by atoms with Gasteiger partial charge in [0.2, 0.25) is 0 Å². The summed E-state index contributed by atoms with van der Waals surface area (Å²) in [4.78, 5) is 29.8. The quantitative estimate of drug-likeness (QED) is 0.737. The zero-order chi connectivity index (χ0) is 15.1. The predicted molar refractivity (Wildman–Crippen MR) is 81.4 cm³/mol. The van der Waals surface area contributed by atoms with E-state index < -0.39 is 0 Å². The summed E-state index contributed by atoms with van der Waals surface area (Å²) in [5, 5.41) is 0. The van der Waals surface area contributed by atoms with Gasteiger partial charge in [0.25, 0.3) is 5.56 Å². The Kier molecular flexibility index (Phi) is 2.96. The number of nitrogens with zero attached hydrogens (tertiary/aromatic N) is 5. The Morgan fingerprint density at radius 2 is 1.95 bits per heavy atom. The molecule has 0 spiro atoms. The Morgan fingerprint density at radius 1 is 1.14 bits per heavy atom. The summed E-state index contributed by atoms with van der Waals surface area (Å²) in [5.74, 6) is 0.433. The van der Waals surface area contributed by atoms with Crippen molar-refractivity contribution in [3.63, 3.8) is 0 Å². The summed E-state index contributed by atoms with van der Waals surface area (Å²) in [5.41, 5.74) is 2.57. The van der Waals surface area contributed by atoms with Crippen molar-refractivity contribution in [3.05, 3.63) is 58.7 Å². The largest absolute Gasteiger partial charge is 0.288 e. The van der Waals surface area contributed by atoms with Gasteiger partial charge in [0.15, 0.2) is 11.2 Å². The third-order valence-corrected chi connectivity index (χ3v) is 4.12. The van der Waals surface area contributed by atoms with Crippen LogP contribution in [0.15, 0.2) is 41.8 Å². The molecule has 3 heterocycles. The van der Waals surface area contributed by atoms with Crippen LogP contribution < -0.4 is 5.56 Å². The average molecular weight is 293 g/mol. The molecule has 0 saturated heterocycles. The van der Waals surface area contributed by atoms with E-state index in [-0.39, 0.29) is 11.6 Å². The van der Waals surface area contributed by atoms with Crippen molar-refractivity contribution in [2.24, 2.45) is 5.92 Å². The lowest BCUT2D eigenvalue weighted by Crippen LogP contribution is -2.29. The van der Waals surface area contributed by atoms with E-state index in [4.69, 9.17) is 0 Å². The number of fused-ring (bicyclic) bond motifs is 1. The van der Waals surface area contributed by atoms with E-state index in [2.05, 4.69) is 19.9 Å². The summed E-state index contributed by atoms with van der Waals surface area (Å²) in [6.07, 6.45) is 8.62. The van der Waals surface area contributed by atoms with Gasteiger partial charge < -0.3 is 0 Å². The molecule has 0 bridgehead atoms. The number of pyridine rings is 1. The minimum Gasteiger partial charge on any atom is -0.288 e. The second-order valence-corrected chi connectivity index (χ2v) is 5.67. The molecule has 1 atom stereocenters. The fraction of sp³-hybridized carbons (Fsp3) is 0.312. The molecule has 22 heavy (non-hydrogen) atoms. The van der Waals surface area contributed by atoms with Crippen LogP contribution in [0, 0.1) is 12.8 Å². The lowest BCUT2D eigenvalue weighted by Gasteiger charge is -2.20. The number of aryl methyl sites for hydroxylation is 1. The summed E-state index contributed by atoms with van der Waals surface area (Å²) < 4.78 is 1.67. The van der Waals surface area contributed by atoms with Gasteiger partial charge in [-0.2, -0.15) is 0 Å². The highest BCUT2D eigenvalue weighted by Gasteiger charge is 2.36. The normalized spacial score (nSPS) is 15.9. The maximum absolute atomic E-state index is 12.8. The number of rotatable bonds is 3. The molecule has 3 aromatic rings. The van der Waals surface area contributed by atoms with E-state index in [0.717, 1.165) is 24.1 Å². The van der Waals surface area contributed by atoms with Crippen LogP contribution in [0.1, 0.15) is 30.1 Å². The van der Waals surface area contributed by atoms with Gasteiger partial charge in [0.05, 0.1) is 11.7 Å². The molecule has 6 nitrogen and oxygen atoms in total. The topological polar surface area (TPSA) is 73.6 Å². The highest BCUT2D eigenvalue weighted by atomic mass is 16.1. The molecule has 4 rings (SSSR count). The highest BCUT2D eigenvalue weighted by molar-refractivity contribution is 5.67. The maximum atomic E-state index is 12.8. The molecule has 110 valence electrons. The van der Waals surface area contributed by atoms with Crippen LogP contribution in [0.2, 0.25) is 0 Å². The van der Waals surface area contributed by atoms with E-state index >= 15 is 0 Å². The molecule has 6 heteroatoms. The van der Waals surface area contributed by atoms with Crippen LogP contribution >= 0.6 is 0 Å². The second-order valence-electron chi connectivity index (χ2n) is 5.67. The predicted octanol–water partition coefficient (Wildman–Crippen LogP) is 1.89. The fourth-order valence-corrected chi connectivity index (χ4v) is 2.87. The summed E-state index contributed by atoms with van der Waals surface area (Å²) in [6, 6.07) is 3.86. The summed E-state index contributed by atoms with van der Waals surface area (Å²) >= 11 is 0. The standard InChI is InChI=1S/C16H15N5O/c1-10-3-2-6-17-12(10)14(11-4-5-11)21-9-20-15-13(16(21)22)18-7-8-19-15/h2-3,6-9,11,14H,4-5H2,1H3. The first-order valence-electron chi connectivity index (χ1n) is 7.35. The maximum Gasteiger partial charge on any atom is 0.282 e. The number of aromatic nitrogens is 5. The van der Waals surface area contributed by atoms with Crippen molar-refractivity contribution in [2.75, 3.05) is 0 Å². The van der Waals surface area contributed by atoms with Gasteiger partial charge in [-0.15, -0.1) is 0 Å². The first-order valence-corrected chi connectivity index (χ1v) is 7.35. The van der Waals surface area contributed by atoms with Gasteiger partial charge in [0, 0.05) is 18.6 Å². The molecule has 0 aromatic carbocycles. The Hall–Kier alpha value is -2.63. The van der Waals surface area contributed by atoms with E-state index in [9.17, 15) is 4.79 Å². The lowest BCUT2D eigenvalue weighted by atomic mass is 10.0. The molecule has 1 aliphatic rings. The first kappa shape index (κ1) is 13.1. The average Bonchev–Trinajstić information content (AvgIpc) is 3.37. The SMILES string of the molecule is Cc1cccnc1C(C1CC1)n1cnc2nccnc2c1=O. The third kappa shape index (κ3) is 2.07. The summed E-state index contributed by atoms with van der Waals surface area (Å²) in [6.45, 7) is 2.02. The Bertz CT molecular complexity index is 900. The Labute approximate surface area is 126 Å². The molecule has 0 amide bonds. The van der Waals surface area contributed by atoms with Gasteiger partial charge in [0.1, 0.15) is 6.33 Å². The van der Waals surface area contributed by atoms with Gasteiger partial charge in [-0.05, 0) is 37.3 Å². The first-order chi connectivity index (χ1) is 10.8. The Balaban J connectivity index is 1.93. The highest BCUT2D eigenvalue weighted by Crippen LogP contribution is 2.42. The van der Waals surface area contributed by atoms with Gasteiger partial charge in [-0.1, -0.05) is 6.07 Å². The van der Waals surface area contributed by atoms with Gasteiger partial charge in [-0.25, -0.2) is 15.0 Å². The Morgan fingerprint density at radius 3 is 2.73 bits per heavy atom. The van der Waals surface area contributed by atoms with Crippen molar-refractivity contribution in [1.29, 1.82) is 0 Å². The molecular formula is C16H15N5O. The van der Waals surface area contributed by atoms with E-state index in [1.54, 1.807) is 23.3 Å². The molecule has 0 N–H and O–H groups in total. The zero-order valence-corrected chi connectivity index (χ0v) is 12.2. The van der Waals surface area contributed by atoms with Crippen molar-refractivity contribution < 1.29 is 0 Å². The number of hydrogen-bond donors (Lipinski definition) is 0. The van der Waals surface area contributed by atoms with Crippen molar-refractivity contribution in [1.82, 2.24) is 24.5 Å². The molecule has 1 aliphatic carbocycles. The monoisotopic (exact) mass is 293 g/mol. The molecule has 1 fully saturated rings. The van der Waals surface area contributed by atoms with Crippen molar-refractivity contribution >= 4 is 11.2 Å². The molecular weight excluding hydrogens is 278 g/mol. The fourth-order valence-electron chi connectivity index (χ4n) is 2.87. The van der Waals surface area contributed by atoms with Crippen LogP contribution in [0.25, 0.3) is 11.2 Å². The van der Waals surface area contributed by atoms with E-state index in [0.29, 0.717) is 17.1 Å². The molecule has 0 aliphatic heterocycles. The number of hydrogen-bond acceptors (Lipinski definition) is 5. The van der Waals surface area contributed by atoms with Crippen LogP contribution in [-0.4, -0.2) is 24.5 Å². The van der Waals surface area contributed by atoms with E-state index in [1.807, 2.05) is 19.1 Å². The van der Waals surface area contributed by atoms with Crippen LogP contribution in [-0.2, 0) is 0 Å². The van der Waals surface area contributed by atoms with Crippen LogP contribution in [0.4, 0.5) is 0 Å². The molecule has 1 unspecified atom stereocenters. The smallest absolute Gasteiger partial charge is 0.282 e. The van der Waals surface area contributed by atoms with Gasteiger partial charge >= 0.3 is 0 Å². The lowest BCUT2D eigenvalue weighted by molar-refractivity contribution is 0.486. The minimum absolute atomic E-state index is 0.0763. The summed E-state index contributed by atoms with van der Waals surface area (Å²) in [7, 11) is 0. The minimum atomic E-state index is -0.153. The molecule has 1 saturated carbocycles. The second kappa shape index (κ2) is 4.98. The third-order valence-electron chi connectivity index (χ3n) is 4.12. The van der Waals surface area contributed by atoms with Crippen molar-refractivity contribution in [3.8, 4) is 0 Å². The molecule has 3 aromatic heterocycles. The van der Waals surface area contributed by atoms with Crippen LogP contribution in [0.5, 0.6) is 0 Å². The van der Waals surface area contributed by atoms with Gasteiger partial charge in [-0.3, -0.25) is 14.3 Å².